The fourth-order valence-electron chi connectivity index (χ4n) is 2.91. The normalized spacial score (nSPS) is 11.2. The Bertz CT molecular complexity index is 610. The minimum Gasteiger partial charge on any atom is -0.300 e. The van der Waals surface area contributed by atoms with Crippen LogP contribution in [0.3, 0.4) is 0 Å². The third-order valence-corrected chi connectivity index (χ3v) is 4.62. The van der Waals surface area contributed by atoms with Crippen molar-refractivity contribution in [1.82, 2.24) is 0 Å². The molecule has 2 aromatic carbocycles. The molecule has 24 heavy (non-hydrogen) atoms. The fraction of sp³-hybridized carbons (Fsp3) is 0.435. The van der Waals surface area contributed by atoms with Crippen LogP contribution in [0.1, 0.15) is 74.6 Å². The van der Waals surface area contributed by atoms with E-state index in [-0.39, 0.29) is 0 Å². The van der Waals surface area contributed by atoms with Gasteiger partial charge < -0.3 is 0 Å². The van der Waals surface area contributed by atoms with Crippen LogP contribution in [0.5, 0.6) is 0 Å². The SMILES string of the molecule is CC(C)c1cccc(CCC(=O)CCc2cccc(C(C)C)c2)c1. The van der Waals surface area contributed by atoms with Crippen molar-refractivity contribution in [2.75, 3.05) is 0 Å². The van der Waals surface area contributed by atoms with E-state index in [1.807, 2.05) is 0 Å². The van der Waals surface area contributed by atoms with E-state index in [9.17, 15) is 4.79 Å². The Balaban J connectivity index is 1.83. The van der Waals surface area contributed by atoms with Gasteiger partial charge in [-0.15, -0.1) is 0 Å². The maximum atomic E-state index is 12.2. The number of hydrogen-bond donors (Lipinski definition) is 0. The average Bonchev–Trinajstić information content (AvgIpc) is 2.58. The number of ketones is 1. The summed E-state index contributed by atoms with van der Waals surface area (Å²) < 4.78 is 0. The smallest absolute Gasteiger partial charge is 0.133 e. The molecule has 0 aromatic heterocycles. The van der Waals surface area contributed by atoms with Gasteiger partial charge in [-0.3, -0.25) is 4.79 Å². The molecule has 0 aliphatic rings. The number of hydrogen-bond acceptors (Lipinski definition) is 1. The lowest BCUT2D eigenvalue weighted by Crippen LogP contribution is -2.03. The van der Waals surface area contributed by atoms with Gasteiger partial charge in [0.2, 0.25) is 0 Å². The van der Waals surface area contributed by atoms with Crippen molar-refractivity contribution in [2.45, 2.75) is 65.2 Å². The van der Waals surface area contributed by atoms with Crippen molar-refractivity contribution in [1.29, 1.82) is 0 Å². The number of Topliss-reactive ketones (excluding diaryl/α,β-unsaturated/α-hetero) is 1. The molecular formula is C23H30O. The zero-order valence-electron chi connectivity index (χ0n) is 15.5. The number of rotatable bonds is 8. The van der Waals surface area contributed by atoms with E-state index in [1.54, 1.807) is 0 Å². The molecule has 128 valence electrons. The van der Waals surface area contributed by atoms with E-state index in [0.29, 0.717) is 30.5 Å². The minimum atomic E-state index is 0.361. The van der Waals surface area contributed by atoms with Crippen molar-refractivity contribution < 1.29 is 4.79 Å². The van der Waals surface area contributed by atoms with Gasteiger partial charge in [0.1, 0.15) is 5.78 Å². The Labute approximate surface area is 147 Å². The third kappa shape index (κ3) is 5.63. The summed E-state index contributed by atoms with van der Waals surface area (Å²) in [6, 6.07) is 17.3. The van der Waals surface area contributed by atoms with Crippen LogP contribution >= 0.6 is 0 Å². The summed E-state index contributed by atoms with van der Waals surface area (Å²) >= 11 is 0. The van der Waals surface area contributed by atoms with Crippen molar-refractivity contribution in [3.8, 4) is 0 Å². The highest BCUT2D eigenvalue weighted by Crippen LogP contribution is 2.18. The van der Waals surface area contributed by atoms with Gasteiger partial charge in [-0.25, -0.2) is 0 Å². The third-order valence-electron chi connectivity index (χ3n) is 4.62. The monoisotopic (exact) mass is 322 g/mol. The van der Waals surface area contributed by atoms with Crippen molar-refractivity contribution in [3.63, 3.8) is 0 Å². The molecule has 0 N–H and O–H groups in total. The molecule has 0 fully saturated rings. The molecule has 0 heterocycles. The highest BCUT2D eigenvalue weighted by molar-refractivity contribution is 5.78. The first kappa shape index (κ1) is 18.4. The topological polar surface area (TPSA) is 17.1 Å². The Hall–Kier alpha value is -1.89. The second-order valence-corrected chi connectivity index (χ2v) is 7.34. The zero-order chi connectivity index (χ0) is 17.5. The minimum absolute atomic E-state index is 0.361. The second kappa shape index (κ2) is 8.82. The predicted octanol–water partition coefficient (Wildman–Crippen LogP) is 6.07. The molecule has 0 unspecified atom stereocenters. The Morgan fingerprint density at radius 3 is 1.54 bits per heavy atom. The van der Waals surface area contributed by atoms with Crippen molar-refractivity contribution in [2.24, 2.45) is 0 Å². The molecule has 0 aliphatic heterocycles. The molecule has 0 atom stereocenters. The van der Waals surface area contributed by atoms with Gasteiger partial charge in [0.15, 0.2) is 0 Å². The number of carbonyl (C=O) groups is 1. The molecule has 2 aromatic rings. The predicted molar refractivity (Wildman–Crippen MR) is 103 cm³/mol. The standard InChI is InChI=1S/C23H30O/c1-17(2)21-9-5-7-19(15-21)11-13-23(24)14-12-20-8-6-10-22(16-20)18(3)4/h5-10,15-18H,11-14H2,1-4H3. The van der Waals surface area contributed by atoms with Gasteiger partial charge in [0.25, 0.3) is 0 Å². The van der Waals surface area contributed by atoms with E-state index in [2.05, 4.69) is 76.2 Å². The Morgan fingerprint density at radius 1 is 0.750 bits per heavy atom. The van der Waals surface area contributed by atoms with Crippen LogP contribution in [0.15, 0.2) is 48.5 Å². The maximum Gasteiger partial charge on any atom is 0.133 e. The average molecular weight is 322 g/mol. The molecule has 1 nitrogen and oxygen atoms in total. The molecule has 0 spiro atoms. The van der Waals surface area contributed by atoms with Crippen LogP contribution in [0.25, 0.3) is 0 Å². The van der Waals surface area contributed by atoms with Gasteiger partial charge in [0, 0.05) is 12.8 Å². The number of benzene rings is 2. The largest absolute Gasteiger partial charge is 0.300 e. The Kier molecular flexibility index (Phi) is 6.78. The molecule has 0 bridgehead atoms. The summed E-state index contributed by atoms with van der Waals surface area (Å²) in [5, 5.41) is 0. The summed E-state index contributed by atoms with van der Waals surface area (Å²) in [5.74, 6) is 1.43. The first-order valence-corrected chi connectivity index (χ1v) is 9.15. The zero-order valence-corrected chi connectivity index (χ0v) is 15.5. The summed E-state index contributed by atoms with van der Waals surface area (Å²) in [7, 11) is 0. The van der Waals surface area contributed by atoms with E-state index in [0.717, 1.165) is 12.8 Å². The molecule has 0 radical (unpaired) electrons. The summed E-state index contributed by atoms with van der Waals surface area (Å²) in [6.07, 6.45) is 2.99. The van der Waals surface area contributed by atoms with Crippen LogP contribution < -0.4 is 0 Å². The molecule has 2 rings (SSSR count). The van der Waals surface area contributed by atoms with E-state index in [4.69, 9.17) is 0 Å². The van der Waals surface area contributed by atoms with Crippen molar-refractivity contribution >= 4 is 5.78 Å². The lowest BCUT2D eigenvalue weighted by Gasteiger charge is -2.09. The lowest BCUT2D eigenvalue weighted by atomic mass is 9.96. The molecule has 0 saturated heterocycles. The highest BCUT2D eigenvalue weighted by Gasteiger charge is 2.06. The Morgan fingerprint density at radius 2 is 1.17 bits per heavy atom. The van der Waals surface area contributed by atoms with Crippen LogP contribution in [0.4, 0.5) is 0 Å². The van der Waals surface area contributed by atoms with E-state index in [1.165, 1.54) is 22.3 Å². The quantitative estimate of drug-likeness (QED) is 0.576. The van der Waals surface area contributed by atoms with E-state index >= 15 is 0 Å². The summed E-state index contributed by atoms with van der Waals surface area (Å²) in [4.78, 5) is 12.2. The van der Waals surface area contributed by atoms with Crippen LogP contribution in [-0.2, 0) is 17.6 Å². The first-order chi connectivity index (χ1) is 11.5. The van der Waals surface area contributed by atoms with Gasteiger partial charge in [-0.05, 0) is 46.9 Å². The van der Waals surface area contributed by atoms with E-state index < -0.39 is 0 Å². The fourth-order valence-corrected chi connectivity index (χ4v) is 2.91. The van der Waals surface area contributed by atoms with Crippen LogP contribution in [0, 0.1) is 0 Å². The first-order valence-electron chi connectivity index (χ1n) is 9.15. The van der Waals surface area contributed by atoms with Crippen molar-refractivity contribution in [3.05, 3.63) is 70.8 Å². The van der Waals surface area contributed by atoms with Gasteiger partial charge in [-0.1, -0.05) is 76.2 Å². The molecule has 0 saturated carbocycles. The second-order valence-electron chi connectivity index (χ2n) is 7.34. The number of carbonyl (C=O) groups excluding carboxylic acids is 1. The number of aryl methyl sites for hydroxylation is 2. The van der Waals surface area contributed by atoms with Crippen LogP contribution in [-0.4, -0.2) is 5.78 Å². The van der Waals surface area contributed by atoms with Gasteiger partial charge in [-0.2, -0.15) is 0 Å². The molecule has 1 heteroatoms. The van der Waals surface area contributed by atoms with Gasteiger partial charge >= 0.3 is 0 Å². The van der Waals surface area contributed by atoms with Crippen LogP contribution in [0.2, 0.25) is 0 Å². The molecular weight excluding hydrogens is 292 g/mol. The summed E-state index contributed by atoms with van der Waals surface area (Å²) in [5.41, 5.74) is 5.25. The van der Waals surface area contributed by atoms with Gasteiger partial charge in [0.05, 0.1) is 0 Å². The summed E-state index contributed by atoms with van der Waals surface area (Å²) in [6.45, 7) is 8.82. The lowest BCUT2D eigenvalue weighted by molar-refractivity contribution is -0.119. The molecule has 0 amide bonds. The highest BCUT2D eigenvalue weighted by atomic mass is 16.1. The molecule has 0 aliphatic carbocycles. The maximum absolute atomic E-state index is 12.2.